The number of carbonyl (C=O) groups excluding carboxylic acids is 1. The topological polar surface area (TPSA) is 65.5 Å². The predicted octanol–water partition coefficient (Wildman–Crippen LogP) is 2.44. The highest BCUT2D eigenvalue weighted by Crippen LogP contribution is 2.13. The highest BCUT2D eigenvalue weighted by molar-refractivity contribution is 14.0. The van der Waals surface area contributed by atoms with E-state index in [2.05, 4.69) is 52.1 Å². The van der Waals surface area contributed by atoms with E-state index in [1.807, 2.05) is 20.8 Å². The largest absolute Gasteiger partial charge is 0.356 e. The second-order valence-electron chi connectivity index (χ2n) is 6.01. The van der Waals surface area contributed by atoms with E-state index in [-0.39, 0.29) is 29.9 Å². The van der Waals surface area contributed by atoms with Crippen molar-refractivity contribution in [2.75, 3.05) is 20.1 Å². The van der Waals surface area contributed by atoms with E-state index in [0.717, 1.165) is 0 Å². The molecule has 6 heteroatoms. The van der Waals surface area contributed by atoms with Crippen molar-refractivity contribution < 1.29 is 4.79 Å². The average molecular weight is 432 g/mol. The van der Waals surface area contributed by atoms with Gasteiger partial charge in [0.2, 0.25) is 5.91 Å². The molecular formula is C17H29IN4O. The van der Waals surface area contributed by atoms with Crippen LogP contribution in [0.25, 0.3) is 0 Å². The molecule has 0 aliphatic heterocycles. The Bertz CT molecular complexity index is 512. The molecule has 0 spiro atoms. The van der Waals surface area contributed by atoms with Crippen LogP contribution < -0.4 is 16.0 Å². The smallest absolute Gasteiger partial charge is 0.227 e. The first-order valence-electron chi connectivity index (χ1n) is 7.67. The monoisotopic (exact) mass is 432 g/mol. The highest BCUT2D eigenvalue weighted by atomic mass is 127. The van der Waals surface area contributed by atoms with Crippen LogP contribution in [0, 0.1) is 12.3 Å². The average Bonchev–Trinajstić information content (AvgIpc) is 2.49. The Morgan fingerprint density at radius 3 is 2.26 bits per heavy atom. The van der Waals surface area contributed by atoms with Gasteiger partial charge in [-0.25, -0.2) is 0 Å². The minimum absolute atomic E-state index is 0. The first-order valence-corrected chi connectivity index (χ1v) is 7.67. The number of aliphatic imine (C=N–C) groups is 1. The number of aryl methyl sites for hydroxylation is 1. The van der Waals surface area contributed by atoms with Crippen molar-refractivity contribution in [1.29, 1.82) is 0 Å². The predicted molar refractivity (Wildman–Crippen MR) is 107 cm³/mol. The molecule has 130 valence electrons. The summed E-state index contributed by atoms with van der Waals surface area (Å²) < 4.78 is 0. The minimum atomic E-state index is -0.489. The molecule has 1 amide bonds. The first-order chi connectivity index (χ1) is 10.4. The molecule has 0 saturated heterocycles. The van der Waals surface area contributed by atoms with Gasteiger partial charge in [0.1, 0.15) is 0 Å². The molecule has 0 unspecified atom stereocenters. The molecule has 3 N–H and O–H groups in total. The molecule has 23 heavy (non-hydrogen) atoms. The number of amides is 1. The van der Waals surface area contributed by atoms with Crippen molar-refractivity contribution in [1.82, 2.24) is 16.0 Å². The van der Waals surface area contributed by atoms with Crippen LogP contribution >= 0.6 is 24.0 Å². The number of benzene rings is 1. The van der Waals surface area contributed by atoms with Crippen LogP contribution in [0.1, 0.15) is 31.9 Å². The lowest BCUT2D eigenvalue weighted by atomic mass is 9.92. The van der Waals surface area contributed by atoms with E-state index in [0.29, 0.717) is 25.6 Å². The Kier molecular flexibility index (Phi) is 9.87. The number of carbonyl (C=O) groups is 1. The molecular weight excluding hydrogens is 403 g/mol. The summed E-state index contributed by atoms with van der Waals surface area (Å²) in [5.41, 5.74) is 1.95. The van der Waals surface area contributed by atoms with Crippen LogP contribution in [0.3, 0.4) is 0 Å². The van der Waals surface area contributed by atoms with E-state index in [1.165, 1.54) is 11.1 Å². The summed E-state index contributed by atoms with van der Waals surface area (Å²) in [7, 11) is 1.73. The molecule has 0 aliphatic carbocycles. The standard InChI is InChI=1S/C17H28N4O.HI/c1-6-19-15(22)17(3,4)12-21-16(18-5)20-11-14-9-7-13(2)8-10-14;/h7-10H,6,11-12H2,1-5H3,(H,19,22)(H2,18,20,21);1H. The van der Waals surface area contributed by atoms with E-state index >= 15 is 0 Å². The normalized spacial score (nSPS) is 11.4. The van der Waals surface area contributed by atoms with Gasteiger partial charge >= 0.3 is 0 Å². The molecule has 1 rings (SSSR count). The van der Waals surface area contributed by atoms with Gasteiger partial charge in [-0.3, -0.25) is 9.79 Å². The van der Waals surface area contributed by atoms with Crippen LogP contribution in [-0.2, 0) is 11.3 Å². The maximum absolute atomic E-state index is 12.0. The number of halogens is 1. The lowest BCUT2D eigenvalue weighted by Gasteiger charge is -2.24. The Labute approximate surface area is 156 Å². The lowest BCUT2D eigenvalue weighted by molar-refractivity contribution is -0.128. The molecule has 0 aromatic heterocycles. The van der Waals surface area contributed by atoms with Gasteiger partial charge in [-0.15, -0.1) is 24.0 Å². The van der Waals surface area contributed by atoms with Crippen molar-refractivity contribution in [2.45, 2.75) is 34.2 Å². The van der Waals surface area contributed by atoms with Crippen molar-refractivity contribution >= 4 is 35.8 Å². The lowest BCUT2D eigenvalue weighted by Crippen LogP contribution is -2.47. The van der Waals surface area contributed by atoms with Gasteiger partial charge in [-0.05, 0) is 33.3 Å². The van der Waals surface area contributed by atoms with Crippen molar-refractivity contribution in [2.24, 2.45) is 10.4 Å². The van der Waals surface area contributed by atoms with Gasteiger partial charge in [0.05, 0.1) is 5.41 Å². The summed E-state index contributed by atoms with van der Waals surface area (Å²) in [6, 6.07) is 8.36. The fourth-order valence-electron chi connectivity index (χ4n) is 1.90. The molecule has 0 radical (unpaired) electrons. The van der Waals surface area contributed by atoms with Gasteiger partial charge in [0.15, 0.2) is 5.96 Å². The van der Waals surface area contributed by atoms with Gasteiger partial charge < -0.3 is 16.0 Å². The van der Waals surface area contributed by atoms with Crippen LogP contribution in [0.5, 0.6) is 0 Å². The summed E-state index contributed by atoms with van der Waals surface area (Å²) >= 11 is 0. The third-order valence-electron chi connectivity index (χ3n) is 3.45. The molecule has 0 fully saturated rings. The third kappa shape index (κ3) is 7.67. The SMILES string of the molecule is CCNC(=O)C(C)(C)CNC(=NC)NCc1ccc(C)cc1.I. The summed E-state index contributed by atoms with van der Waals surface area (Å²) in [6.45, 7) is 9.68. The second kappa shape index (κ2) is 10.5. The van der Waals surface area contributed by atoms with Crippen molar-refractivity contribution in [3.8, 4) is 0 Å². The molecule has 0 saturated carbocycles. The fourth-order valence-corrected chi connectivity index (χ4v) is 1.90. The maximum atomic E-state index is 12.0. The summed E-state index contributed by atoms with van der Waals surface area (Å²) in [4.78, 5) is 16.2. The van der Waals surface area contributed by atoms with E-state index < -0.39 is 5.41 Å². The number of nitrogens with one attached hydrogen (secondary N) is 3. The molecule has 5 nitrogen and oxygen atoms in total. The molecule has 0 heterocycles. The zero-order chi connectivity index (χ0) is 16.6. The van der Waals surface area contributed by atoms with Crippen LogP contribution in [0.15, 0.2) is 29.3 Å². The zero-order valence-electron chi connectivity index (χ0n) is 14.7. The number of guanidine groups is 1. The zero-order valence-corrected chi connectivity index (χ0v) is 17.0. The maximum Gasteiger partial charge on any atom is 0.227 e. The van der Waals surface area contributed by atoms with E-state index in [1.54, 1.807) is 7.05 Å². The van der Waals surface area contributed by atoms with E-state index in [9.17, 15) is 4.79 Å². The Balaban J connectivity index is 0.00000484. The molecule has 1 aromatic carbocycles. The van der Waals surface area contributed by atoms with E-state index in [4.69, 9.17) is 0 Å². The number of hydrogen-bond donors (Lipinski definition) is 3. The Hall–Kier alpha value is -1.31. The van der Waals surface area contributed by atoms with Gasteiger partial charge in [0, 0.05) is 26.7 Å². The summed E-state index contributed by atoms with van der Waals surface area (Å²) in [6.07, 6.45) is 0. The molecule has 0 aliphatic rings. The fraction of sp³-hybridized carbons (Fsp3) is 0.529. The van der Waals surface area contributed by atoms with Gasteiger partial charge in [-0.1, -0.05) is 29.8 Å². The second-order valence-corrected chi connectivity index (χ2v) is 6.01. The Morgan fingerprint density at radius 2 is 1.74 bits per heavy atom. The quantitative estimate of drug-likeness (QED) is 0.368. The first kappa shape index (κ1) is 21.7. The van der Waals surface area contributed by atoms with Crippen LogP contribution in [-0.4, -0.2) is 32.0 Å². The summed E-state index contributed by atoms with van der Waals surface area (Å²) in [5, 5.41) is 9.32. The van der Waals surface area contributed by atoms with Gasteiger partial charge in [0.25, 0.3) is 0 Å². The van der Waals surface area contributed by atoms with Crippen molar-refractivity contribution in [3.63, 3.8) is 0 Å². The number of rotatable bonds is 6. The third-order valence-corrected chi connectivity index (χ3v) is 3.45. The highest BCUT2D eigenvalue weighted by Gasteiger charge is 2.27. The Morgan fingerprint density at radius 1 is 1.13 bits per heavy atom. The van der Waals surface area contributed by atoms with Gasteiger partial charge in [-0.2, -0.15) is 0 Å². The van der Waals surface area contributed by atoms with Crippen LogP contribution in [0.2, 0.25) is 0 Å². The molecule has 0 atom stereocenters. The number of hydrogen-bond acceptors (Lipinski definition) is 2. The summed E-state index contributed by atoms with van der Waals surface area (Å²) in [5.74, 6) is 0.731. The van der Waals surface area contributed by atoms with Crippen LogP contribution in [0.4, 0.5) is 0 Å². The molecule has 0 bridgehead atoms. The minimum Gasteiger partial charge on any atom is -0.356 e. The number of nitrogens with zero attached hydrogens (tertiary/aromatic N) is 1. The molecule has 1 aromatic rings. The van der Waals surface area contributed by atoms with Crippen molar-refractivity contribution in [3.05, 3.63) is 35.4 Å².